The monoisotopic (exact) mass is 698 g/mol. The van der Waals surface area contributed by atoms with Crippen LogP contribution in [0.15, 0.2) is 60.7 Å². The smallest absolute Gasteiger partial charge is 0.408 e. The summed E-state index contributed by atoms with van der Waals surface area (Å²) >= 11 is 0. The van der Waals surface area contributed by atoms with Gasteiger partial charge in [-0.15, -0.1) is 0 Å². The summed E-state index contributed by atoms with van der Waals surface area (Å²) in [5.41, 5.74) is 6.16. The highest BCUT2D eigenvalue weighted by Crippen LogP contribution is 2.24. The lowest BCUT2D eigenvalue weighted by atomic mass is 9.89. The summed E-state index contributed by atoms with van der Waals surface area (Å²) in [5, 5.41) is 28.7. The number of carbonyl (C=O) groups is 4. The molecule has 0 fully saturated rings. The molecular weight excluding hydrogens is 640 g/mol. The van der Waals surface area contributed by atoms with E-state index < -0.39 is 83.4 Å². The quantitative estimate of drug-likeness (QED) is 0.192. The van der Waals surface area contributed by atoms with Crippen LogP contribution in [0.2, 0.25) is 0 Å². The average molecular weight is 699 g/mol. The van der Waals surface area contributed by atoms with E-state index in [1.54, 1.807) is 99.6 Å². The molecule has 278 valence electrons. The van der Waals surface area contributed by atoms with Gasteiger partial charge in [0.15, 0.2) is 0 Å². The van der Waals surface area contributed by atoms with Crippen molar-refractivity contribution in [3.05, 3.63) is 71.8 Å². The van der Waals surface area contributed by atoms with E-state index in [0.717, 1.165) is 10.5 Å². The van der Waals surface area contributed by atoms with Crippen molar-refractivity contribution in [1.82, 2.24) is 15.5 Å². The van der Waals surface area contributed by atoms with Crippen LogP contribution < -0.4 is 16.4 Å². The van der Waals surface area contributed by atoms with Gasteiger partial charge in [0.05, 0.1) is 12.1 Å². The lowest BCUT2D eigenvalue weighted by Crippen LogP contribution is -2.65. The van der Waals surface area contributed by atoms with Crippen LogP contribution in [0.1, 0.15) is 80.4 Å². The van der Waals surface area contributed by atoms with Gasteiger partial charge in [-0.25, -0.2) is 9.59 Å². The van der Waals surface area contributed by atoms with Gasteiger partial charge in [-0.1, -0.05) is 88.4 Å². The number of rotatable bonds is 14. The first kappa shape index (κ1) is 42.2. The Labute approximate surface area is 297 Å². The molecular formula is C38H58N4O8. The second-order valence-electron chi connectivity index (χ2n) is 15.4. The van der Waals surface area contributed by atoms with Gasteiger partial charge in [-0.05, 0) is 77.3 Å². The average Bonchev–Trinajstić information content (AvgIpc) is 3.00. The number of amides is 4. The summed E-state index contributed by atoms with van der Waals surface area (Å²) in [6, 6.07) is 13.1. The number of hydrogen-bond acceptors (Lipinski definition) is 9. The third-order valence-electron chi connectivity index (χ3n) is 7.80. The molecule has 0 heterocycles. The molecule has 0 saturated carbocycles. The molecule has 4 amide bonds. The number of imide groups is 1. The van der Waals surface area contributed by atoms with Gasteiger partial charge in [0, 0.05) is 6.04 Å². The predicted molar refractivity (Wildman–Crippen MR) is 192 cm³/mol. The van der Waals surface area contributed by atoms with E-state index in [0.29, 0.717) is 5.56 Å². The maximum absolute atomic E-state index is 14.8. The molecule has 12 nitrogen and oxygen atoms in total. The molecule has 50 heavy (non-hydrogen) atoms. The first-order valence-electron chi connectivity index (χ1n) is 17.2. The summed E-state index contributed by atoms with van der Waals surface area (Å²) in [6.07, 6.45) is -4.99. The topological polar surface area (TPSA) is 181 Å². The highest BCUT2D eigenvalue weighted by molar-refractivity contribution is 6.02. The highest BCUT2D eigenvalue weighted by atomic mass is 16.6. The number of nitrogens with zero attached hydrogens (tertiary/aromatic N) is 1. The molecule has 0 bridgehead atoms. The molecule has 2 aromatic carbocycles. The maximum atomic E-state index is 14.8. The van der Waals surface area contributed by atoms with E-state index in [9.17, 15) is 29.4 Å². The third-order valence-corrected chi connectivity index (χ3v) is 7.80. The lowest BCUT2D eigenvalue weighted by Gasteiger charge is -2.41. The van der Waals surface area contributed by atoms with Crippen molar-refractivity contribution < 1.29 is 38.9 Å². The molecule has 0 unspecified atom stereocenters. The number of hydrogen-bond donors (Lipinski definition) is 5. The van der Waals surface area contributed by atoms with Crippen LogP contribution in [-0.4, -0.2) is 86.7 Å². The Hall–Kier alpha value is -4.00. The number of aliphatic hydroxyl groups is 2. The molecule has 6 atom stereocenters. The fourth-order valence-corrected chi connectivity index (χ4v) is 5.34. The second-order valence-corrected chi connectivity index (χ2v) is 15.4. The number of carbonyl (C=O) groups excluding carboxylic acids is 4. The molecule has 0 saturated heterocycles. The van der Waals surface area contributed by atoms with Crippen LogP contribution in [0.3, 0.4) is 0 Å². The van der Waals surface area contributed by atoms with Crippen LogP contribution >= 0.6 is 0 Å². The largest absolute Gasteiger partial charge is 0.444 e. The number of benzene rings is 2. The van der Waals surface area contributed by atoms with E-state index in [4.69, 9.17) is 15.2 Å². The molecule has 0 aliphatic carbocycles. The molecule has 0 spiro atoms. The van der Waals surface area contributed by atoms with Crippen molar-refractivity contribution in [1.29, 1.82) is 0 Å². The second kappa shape index (κ2) is 18.3. The Morgan fingerprint density at radius 1 is 0.660 bits per heavy atom. The minimum atomic E-state index is -1.74. The Balaban J connectivity index is 2.73. The van der Waals surface area contributed by atoms with Crippen LogP contribution in [0.4, 0.5) is 9.59 Å². The van der Waals surface area contributed by atoms with Gasteiger partial charge < -0.3 is 36.1 Å². The highest BCUT2D eigenvalue weighted by Gasteiger charge is 2.45. The first-order chi connectivity index (χ1) is 23.1. The summed E-state index contributed by atoms with van der Waals surface area (Å²) in [6.45, 7) is 16.8. The minimum absolute atomic E-state index is 0.0802. The molecule has 2 rings (SSSR count). The van der Waals surface area contributed by atoms with E-state index in [-0.39, 0.29) is 12.8 Å². The molecule has 0 aliphatic rings. The van der Waals surface area contributed by atoms with Crippen LogP contribution in [0.25, 0.3) is 0 Å². The van der Waals surface area contributed by atoms with Crippen LogP contribution in [-0.2, 0) is 31.9 Å². The Bertz CT molecular complexity index is 1340. The number of aliphatic hydroxyl groups excluding tert-OH is 2. The molecule has 2 aromatic rings. The Morgan fingerprint density at radius 3 is 1.36 bits per heavy atom. The number of nitrogens with two attached hydrogens (primary N) is 1. The third kappa shape index (κ3) is 13.4. The van der Waals surface area contributed by atoms with Crippen molar-refractivity contribution >= 4 is 24.0 Å². The van der Waals surface area contributed by atoms with Gasteiger partial charge in [0.2, 0.25) is 0 Å². The number of ether oxygens (including phenoxy) is 2. The van der Waals surface area contributed by atoms with E-state index in [2.05, 4.69) is 10.6 Å². The number of nitrogens with one attached hydrogen (secondary N) is 2. The van der Waals surface area contributed by atoms with Gasteiger partial charge >= 0.3 is 12.2 Å². The summed E-state index contributed by atoms with van der Waals surface area (Å²) in [7, 11) is 0. The molecule has 0 radical (unpaired) electrons. The Morgan fingerprint density at radius 2 is 1.02 bits per heavy atom. The van der Waals surface area contributed by atoms with Gasteiger partial charge in [-0.2, -0.15) is 0 Å². The van der Waals surface area contributed by atoms with Crippen molar-refractivity contribution in [3.8, 4) is 0 Å². The number of alkyl carbamates (subject to hydrolysis) is 2. The zero-order chi connectivity index (χ0) is 38.0. The zero-order valence-corrected chi connectivity index (χ0v) is 31.2. The summed E-state index contributed by atoms with van der Waals surface area (Å²) in [4.78, 5) is 56.3. The van der Waals surface area contributed by atoms with Gasteiger partial charge in [-0.3, -0.25) is 14.5 Å². The van der Waals surface area contributed by atoms with E-state index in [1.165, 1.54) is 0 Å². The predicted octanol–water partition coefficient (Wildman–Crippen LogP) is 4.34. The lowest BCUT2D eigenvalue weighted by molar-refractivity contribution is -0.157. The maximum Gasteiger partial charge on any atom is 0.408 e. The zero-order valence-electron chi connectivity index (χ0n) is 31.2. The van der Waals surface area contributed by atoms with E-state index in [1.807, 2.05) is 30.3 Å². The van der Waals surface area contributed by atoms with Gasteiger partial charge in [0.1, 0.15) is 29.4 Å². The van der Waals surface area contributed by atoms with E-state index >= 15 is 0 Å². The Kier molecular flexibility index (Phi) is 15.4. The summed E-state index contributed by atoms with van der Waals surface area (Å²) < 4.78 is 10.9. The van der Waals surface area contributed by atoms with Crippen molar-refractivity contribution in [2.24, 2.45) is 17.6 Å². The molecule has 6 N–H and O–H groups in total. The molecule has 0 aliphatic heterocycles. The SMILES string of the molecule is CC(C)[C@H](NC(=O)OC(C)(C)C)C(=O)N(C(=O)[C@@H](NC(=O)OC(C)(C)C)C(C)C)[C@@H](Cc1ccccc1)[C@H](O)[C@@H](O)[C@@H](N)Cc1ccccc1. The normalized spacial score (nSPS) is 15.7. The summed E-state index contributed by atoms with van der Waals surface area (Å²) in [5.74, 6) is -2.84. The standard InChI is InChI=1S/C38H58N4O8/c1-23(2)29(40-35(47)49-37(5,6)7)33(45)42(34(46)30(24(3)4)41-36(48)50-38(8,9)10)28(22-26-19-15-12-16-20-26)32(44)31(43)27(39)21-25-17-13-11-14-18-25/h11-20,23-24,27-32,43-44H,21-22,39H2,1-10H3,(H,40,47)(H,41,48)/t27-,28-,29-,30-,31-,32-/m0/s1. The van der Waals surface area contributed by atoms with Crippen molar-refractivity contribution in [3.63, 3.8) is 0 Å². The van der Waals surface area contributed by atoms with Crippen molar-refractivity contribution in [2.75, 3.05) is 0 Å². The molecule has 0 aromatic heterocycles. The van der Waals surface area contributed by atoms with Crippen molar-refractivity contribution in [2.45, 2.75) is 130 Å². The fourth-order valence-electron chi connectivity index (χ4n) is 5.34. The molecule has 12 heteroatoms. The van der Waals surface area contributed by atoms with Crippen LogP contribution in [0, 0.1) is 11.8 Å². The minimum Gasteiger partial charge on any atom is -0.444 e. The first-order valence-corrected chi connectivity index (χ1v) is 17.2. The van der Waals surface area contributed by atoms with Gasteiger partial charge in [0.25, 0.3) is 11.8 Å². The fraction of sp³-hybridized carbons (Fsp3) is 0.579. The van der Waals surface area contributed by atoms with Crippen LogP contribution in [0.5, 0.6) is 0 Å².